The van der Waals surface area contributed by atoms with Crippen molar-refractivity contribution in [2.75, 3.05) is 26.2 Å². The Labute approximate surface area is 173 Å². The summed E-state index contributed by atoms with van der Waals surface area (Å²) >= 11 is 0. The number of piperazine rings is 1. The maximum atomic E-state index is 13.1. The number of carbonyl (C=O) groups is 3. The van der Waals surface area contributed by atoms with Crippen molar-refractivity contribution in [3.05, 3.63) is 35.4 Å². The summed E-state index contributed by atoms with van der Waals surface area (Å²) < 4.78 is 0. The van der Waals surface area contributed by atoms with Crippen LogP contribution in [0, 0.1) is 18.8 Å². The predicted molar refractivity (Wildman–Crippen MR) is 112 cm³/mol. The van der Waals surface area contributed by atoms with Crippen molar-refractivity contribution in [3.63, 3.8) is 0 Å². The first kappa shape index (κ1) is 21.3. The highest BCUT2D eigenvalue weighted by Gasteiger charge is 2.34. The second-order valence-corrected chi connectivity index (χ2v) is 8.69. The van der Waals surface area contributed by atoms with E-state index < -0.39 is 6.04 Å². The second-order valence-electron chi connectivity index (χ2n) is 8.69. The van der Waals surface area contributed by atoms with Crippen molar-refractivity contribution in [2.24, 2.45) is 11.8 Å². The first-order valence-corrected chi connectivity index (χ1v) is 10.8. The minimum Gasteiger partial charge on any atom is -0.340 e. The molecule has 29 heavy (non-hydrogen) atoms. The lowest BCUT2D eigenvalue weighted by atomic mass is 10.0. The van der Waals surface area contributed by atoms with E-state index in [1.807, 2.05) is 37.8 Å². The van der Waals surface area contributed by atoms with Crippen LogP contribution < -0.4 is 5.32 Å². The summed E-state index contributed by atoms with van der Waals surface area (Å²) in [5.74, 6) is 0.118. The average molecular weight is 400 g/mol. The number of nitrogens with one attached hydrogen (secondary N) is 1. The fourth-order valence-electron chi connectivity index (χ4n) is 4.22. The topological polar surface area (TPSA) is 69.7 Å². The summed E-state index contributed by atoms with van der Waals surface area (Å²) in [6.07, 6.45) is 4.29. The highest BCUT2D eigenvalue weighted by Crippen LogP contribution is 2.27. The Hall–Kier alpha value is -2.37. The largest absolute Gasteiger partial charge is 0.340 e. The summed E-state index contributed by atoms with van der Waals surface area (Å²) in [6.45, 7) is 8.08. The molecule has 1 atom stereocenters. The van der Waals surface area contributed by atoms with Crippen LogP contribution in [0.3, 0.4) is 0 Å². The van der Waals surface area contributed by atoms with Crippen molar-refractivity contribution in [2.45, 2.75) is 52.5 Å². The smallest absolute Gasteiger partial charge is 0.251 e. The molecule has 3 rings (SSSR count). The van der Waals surface area contributed by atoms with Crippen LogP contribution in [0.1, 0.15) is 55.5 Å². The van der Waals surface area contributed by atoms with Gasteiger partial charge in [-0.25, -0.2) is 0 Å². The van der Waals surface area contributed by atoms with Crippen LogP contribution in [0.15, 0.2) is 24.3 Å². The van der Waals surface area contributed by atoms with E-state index in [1.54, 1.807) is 17.0 Å². The van der Waals surface area contributed by atoms with E-state index in [-0.39, 0.29) is 29.6 Å². The van der Waals surface area contributed by atoms with Crippen LogP contribution in [-0.2, 0) is 9.59 Å². The zero-order valence-electron chi connectivity index (χ0n) is 17.8. The number of hydrogen-bond acceptors (Lipinski definition) is 3. The van der Waals surface area contributed by atoms with Gasteiger partial charge >= 0.3 is 0 Å². The van der Waals surface area contributed by atoms with Gasteiger partial charge in [-0.3, -0.25) is 14.4 Å². The molecule has 6 heteroatoms. The Morgan fingerprint density at radius 3 is 2.03 bits per heavy atom. The summed E-state index contributed by atoms with van der Waals surface area (Å²) in [4.78, 5) is 42.0. The molecule has 1 unspecified atom stereocenters. The maximum absolute atomic E-state index is 13.1. The zero-order valence-corrected chi connectivity index (χ0v) is 17.8. The van der Waals surface area contributed by atoms with Gasteiger partial charge in [0.15, 0.2) is 0 Å². The molecule has 1 aromatic rings. The molecule has 0 bridgehead atoms. The highest BCUT2D eigenvalue weighted by atomic mass is 16.2. The lowest BCUT2D eigenvalue weighted by molar-refractivity contribution is -0.143. The van der Waals surface area contributed by atoms with Crippen LogP contribution in [-0.4, -0.2) is 59.7 Å². The van der Waals surface area contributed by atoms with E-state index in [2.05, 4.69) is 5.32 Å². The van der Waals surface area contributed by atoms with E-state index in [0.717, 1.165) is 31.2 Å². The Balaban J connectivity index is 1.57. The van der Waals surface area contributed by atoms with Gasteiger partial charge in [0.2, 0.25) is 11.8 Å². The van der Waals surface area contributed by atoms with E-state index >= 15 is 0 Å². The third-order valence-electron chi connectivity index (χ3n) is 6.14. The number of rotatable bonds is 5. The third kappa shape index (κ3) is 5.17. The van der Waals surface area contributed by atoms with E-state index in [4.69, 9.17) is 0 Å². The van der Waals surface area contributed by atoms with Gasteiger partial charge in [-0.1, -0.05) is 44.4 Å². The number of carbonyl (C=O) groups excluding carboxylic acids is 3. The maximum Gasteiger partial charge on any atom is 0.251 e. The summed E-state index contributed by atoms with van der Waals surface area (Å²) in [6, 6.07) is 6.77. The molecular formula is C23H33N3O3. The molecule has 1 aliphatic heterocycles. The molecule has 1 aromatic carbocycles. The molecule has 1 saturated carbocycles. The lowest BCUT2D eigenvalue weighted by Crippen LogP contribution is -2.57. The molecular weight excluding hydrogens is 366 g/mol. The molecule has 1 N–H and O–H groups in total. The fourth-order valence-corrected chi connectivity index (χ4v) is 4.22. The minimum atomic E-state index is -0.569. The van der Waals surface area contributed by atoms with Crippen LogP contribution in [0.2, 0.25) is 0 Å². The highest BCUT2D eigenvalue weighted by molar-refractivity contribution is 5.97. The zero-order chi connectivity index (χ0) is 21.0. The van der Waals surface area contributed by atoms with Gasteiger partial charge in [0, 0.05) is 37.7 Å². The standard InChI is InChI=1S/C23H33N3O3/c1-16(2)20(24-21(27)18-10-8-17(3)9-11-18)23(29)26-14-12-25(13-15-26)22(28)19-6-4-5-7-19/h8-11,16,19-20H,4-7,12-15H2,1-3H3,(H,24,27). The second kappa shape index (κ2) is 9.42. The van der Waals surface area contributed by atoms with Crippen molar-refractivity contribution in [3.8, 4) is 0 Å². The quantitative estimate of drug-likeness (QED) is 0.827. The first-order chi connectivity index (χ1) is 13.9. The minimum absolute atomic E-state index is 0.0185. The molecule has 0 aromatic heterocycles. The molecule has 1 heterocycles. The third-order valence-corrected chi connectivity index (χ3v) is 6.14. The van der Waals surface area contributed by atoms with Crippen LogP contribution in [0.5, 0.6) is 0 Å². The Morgan fingerprint density at radius 1 is 0.931 bits per heavy atom. The molecule has 0 spiro atoms. The van der Waals surface area contributed by atoms with Gasteiger partial charge in [0.1, 0.15) is 6.04 Å². The summed E-state index contributed by atoms with van der Waals surface area (Å²) in [5, 5.41) is 2.92. The van der Waals surface area contributed by atoms with E-state index in [0.29, 0.717) is 31.7 Å². The Kier molecular flexibility index (Phi) is 6.93. The van der Waals surface area contributed by atoms with Crippen LogP contribution in [0.25, 0.3) is 0 Å². The SMILES string of the molecule is Cc1ccc(C(=O)NC(C(=O)N2CCN(C(=O)C3CCCC3)CC2)C(C)C)cc1. The normalized spacial score (nSPS) is 18.8. The van der Waals surface area contributed by atoms with Gasteiger partial charge in [-0.15, -0.1) is 0 Å². The molecule has 6 nitrogen and oxygen atoms in total. The number of aryl methyl sites for hydroxylation is 1. The summed E-state index contributed by atoms with van der Waals surface area (Å²) in [5.41, 5.74) is 1.64. The van der Waals surface area contributed by atoms with Crippen LogP contribution >= 0.6 is 0 Å². The van der Waals surface area contributed by atoms with Gasteiger partial charge in [-0.05, 0) is 37.8 Å². The Morgan fingerprint density at radius 2 is 1.48 bits per heavy atom. The van der Waals surface area contributed by atoms with Gasteiger partial charge in [-0.2, -0.15) is 0 Å². The average Bonchev–Trinajstić information content (AvgIpc) is 3.26. The van der Waals surface area contributed by atoms with Crippen molar-refractivity contribution >= 4 is 17.7 Å². The number of hydrogen-bond donors (Lipinski definition) is 1. The van der Waals surface area contributed by atoms with Crippen molar-refractivity contribution in [1.29, 1.82) is 0 Å². The molecule has 0 radical (unpaired) electrons. The molecule has 1 saturated heterocycles. The fraction of sp³-hybridized carbons (Fsp3) is 0.609. The van der Waals surface area contributed by atoms with Gasteiger partial charge in [0.25, 0.3) is 5.91 Å². The number of nitrogens with zero attached hydrogens (tertiary/aromatic N) is 2. The molecule has 3 amide bonds. The van der Waals surface area contributed by atoms with Crippen molar-refractivity contribution in [1.82, 2.24) is 15.1 Å². The molecule has 2 aliphatic rings. The monoisotopic (exact) mass is 399 g/mol. The predicted octanol–water partition coefficient (Wildman–Crippen LogP) is 2.61. The van der Waals surface area contributed by atoms with Crippen LogP contribution in [0.4, 0.5) is 0 Å². The lowest BCUT2D eigenvalue weighted by Gasteiger charge is -2.38. The Bertz CT molecular complexity index is 730. The van der Waals surface area contributed by atoms with E-state index in [1.165, 1.54) is 0 Å². The number of amides is 3. The van der Waals surface area contributed by atoms with E-state index in [9.17, 15) is 14.4 Å². The molecule has 158 valence electrons. The van der Waals surface area contributed by atoms with Gasteiger partial charge < -0.3 is 15.1 Å². The first-order valence-electron chi connectivity index (χ1n) is 10.8. The molecule has 2 fully saturated rings. The molecule has 1 aliphatic carbocycles. The summed E-state index contributed by atoms with van der Waals surface area (Å²) in [7, 11) is 0. The number of benzene rings is 1. The van der Waals surface area contributed by atoms with Gasteiger partial charge in [0.05, 0.1) is 0 Å². The van der Waals surface area contributed by atoms with Crippen molar-refractivity contribution < 1.29 is 14.4 Å².